The van der Waals surface area contributed by atoms with Crippen molar-refractivity contribution >= 4 is 18.3 Å². The van der Waals surface area contributed by atoms with Crippen molar-refractivity contribution in [2.75, 3.05) is 6.54 Å². The lowest BCUT2D eigenvalue weighted by atomic mass is 9.78. The zero-order valence-electron chi connectivity index (χ0n) is 10.3. The monoisotopic (exact) mass is 272 g/mol. The summed E-state index contributed by atoms with van der Waals surface area (Å²) in [7, 11) is 0. The molecule has 1 aromatic carbocycles. The summed E-state index contributed by atoms with van der Waals surface area (Å²) in [5, 5.41) is 2.71. The molecule has 1 aliphatic rings. The molecule has 0 spiro atoms. The van der Waals surface area contributed by atoms with Crippen molar-refractivity contribution in [3.63, 3.8) is 0 Å². The first kappa shape index (κ1) is 14.9. The van der Waals surface area contributed by atoms with Crippen LogP contribution in [0.25, 0.3) is 0 Å². The van der Waals surface area contributed by atoms with Gasteiger partial charge >= 0.3 is 0 Å². The molecule has 0 bridgehead atoms. The number of nitrogens with two attached hydrogens (primary N) is 1. The molecule has 0 aromatic heterocycles. The molecular formula is C13H18ClFN2O. The number of benzene rings is 1. The van der Waals surface area contributed by atoms with Crippen LogP contribution in [0.3, 0.4) is 0 Å². The molecule has 18 heavy (non-hydrogen) atoms. The second kappa shape index (κ2) is 5.67. The Morgan fingerprint density at radius 3 is 2.72 bits per heavy atom. The highest BCUT2D eigenvalue weighted by Crippen LogP contribution is 2.28. The molecule has 100 valence electrons. The summed E-state index contributed by atoms with van der Waals surface area (Å²) in [5.74, 6) is -0.840. The second-order valence-corrected chi connectivity index (χ2v) is 4.84. The molecular weight excluding hydrogens is 255 g/mol. The summed E-state index contributed by atoms with van der Waals surface area (Å²) in [5.41, 5.74) is 6.27. The number of carbonyl (C=O) groups is 1. The van der Waals surface area contributed by atoms with Gasteiger partial charge in [-0.15, -0.1) is 12.4 Å². The number of halogens is 2. The van der Waals surface area contributed by atoms with Crippen molar-refractivity contribution in [1.82, 2.24) is 5.32 Å². The molecule has 0 saturated heterocycles. The van der Waals surface area contributed by atoms with Gasteiger partial charge in [0.05, 0.1) is 5.56 Å². The fourth-order valence-corrected chi connectivity index (χ4v) is 1.98. The molecule has 0 unspecified atom stereocenters. The highest BCUT2D eigenvalue weighted by Gasteiger charge is 2.32. The van der Waals surface area contributed by atoms with Gasteiger partial charge < -0.3 is 11.1 Å². The minimum Gasteiger partial charge on any atom is -0.350 e. The molecule has 5 heteroatoms. The summed E-state index contributed by atoms with van der Waals surface area (Å²) in [4.78, 5) is 11.8. The maximum absolute atomic E-state index is 13.7. The van der Waals surface area contributed by atoms with E-state index >= 15 is 0 Å². The molecule has 0 atom stereocenters. The Balaban J connectivity index is 0.00000162. The standard InChI is InChI=1S/C13H17FN2O.ClH/c1-9-4-2-5-10(11(9)14)12(17)16-8-13(15)6-3-7-13;/h2,4-5H,3,6-8,15H2,1H3,(H,16,17);1H. The van der Waals surface area contributed by atoms with Gasteiger partial charge in [-0.1, -0.05) is 12.1 Å². The zero-order valence-corrected chi connectivity index (χ0v) is 11.1. The van der Waals surface area contributed by atoms with E-state index in [1.165, 1.54) is 6.07 Å². The van der Waals surface area contributed by atoms with Gasteiger partial charge in [-0.05, 0) is 37.8 Å². The van der Waals surface area contributed by atoms with Gasteiger partial charge in [-0.25, -0.2) is 4.39 Å². The van der Waals surface area contributed by atoms with Crippen LogP contribution in [0.4, 0.5) is 4.39 Å². The Morgan fingerprint density at radius 1 is 1.50 bits per heavy atom. The number of amides is 1. The molecule has 0 aliphatic heterocycles. The Morgan fingerprint density at radius 2 is 2.17 bits per heavy atom. The summed E-state index contributed by atoms with van der Waals surface area (Å²) in [6.45, 7) is 2.06. The van der Waals surface area contributed by atoms with Crippen LogP contribution >= 0.6 is 12.4 Å². The number of rotatable bonds is 3. The normalized spacial score (nSPS) is 16.4. The zero-order chi connectivity index (χ0) is 12.5. The lowest BCUT2D eigenvalue weighted by molar-refractivity contribution is 0.0925. The predicted octanol–water partition coefficient (Wildman–Crippen LogP) is 2.17. The predicted molar refractivity (Wildman–Crippen MR) is 71.5 cm³/mol. The van der Waals surface area contributed by atoms with Crippen molar-refractivity contribution in [3.8, 4) is 0 Å². The van der Waals surface area contributed by atoms with Gasteiger partial charge in [0.15, 0.2) is 0 Å². The van der Waals surface area contributed by atoms with Gasteiger partial charge in [0, 0.05) is 12.1 Å². The van der Waals surface area contributed by atoms with Crippen molar-refractivity contribution < 1.29 is 9.18 Å². The van der Waals surface area contributed by atoms with E-state index < -0.39 is 5.82 Å². The molecule has 1 aliphatic carbocycles. The first-order chi connectivity index (χ1) is 8.02. The van der Waals surface area contributed by atoms with E-state index in [-0.39, 0.29) is 29.4 Å². The van der Waals surface area contributed by atoms with Gasteiger partial charge in [0.25, 0.3) is 5.91 Å². The number of aryl methyl sites for hydroxylation is 1. The highest BCUT2D eigenvalue weighted by molar-refractivity contribution is 5.94. The molecule has 0 radical (unpaired) electrons. The largest absolute Gasteiger partial charge is 0.350 e. The van der Waals surface area contributed by atoms with Gasteiger partial charge in [-0.3, -0.25) is 4.79 Å². The lowest BCUT2D eigenvalue weighted by Gasteiger charge is -2.38. The third-order valence-electron chi connectivity index (χ3n) is 3.39. The quantitative estimate of drug-likeness (QED) is 0.886. The van der Waals surface area contributed by atoms with Crippen LogP contribution in [-0.4, -0.2) is 18.0 Å². The Hall–Kier alpha value is -1.13. The minimum atomic E-state index is -0.454. The van der Waals surface area contributed by atoms with E-state index in [4.69, 9.17) is 5.73 Å². The van der Waals surface area contributed by atoms with Crippen LogP contribution in [0.5, 0.6) is 0 Å². The van der Waals surface area contributed by atoms with E-state index in [1.807, 2.05) is 0 Å². The van der Waals surface area contributed by atoms with E-state index in [2.05, 4.69) is 5.32 Å². The van der Waals surface area contributed by atoms with Crippen molar-refractivity contribution in [1.29, 1.82) is 0 Å². The van der Waals surface area contributed by atoms with Gasteiger partial charge in [-0.2, -0.15) is 0 Å². The fraction of sp³-hybridized carbons (Fsp3) is 0.462. The Bertz CT molecular complexity index is 447. The Labute approximate surface area is 112 Å². The Kier molecular flexibility index (Phi) is 4.71. The average molecular weight is 273 g/mol. The first-order valence-corrected chi connectivity index (χ1v) is 5.84. The second-order valence-electron chi connectivity index (χ2n) is 4.84. The van der Waals surface area contributed by atoms with Gasteiger partial charge in [0.1, 0.15) is 5.82 Å². The van der Waals surface area contributed by atoms with Crippen LogP contribution in [-0.2, 0) is 0 Å². The van der Waals surface area contributed by atoms with Crippen molar-refractivity contribution in [2.45, 2.75) is 31.7 Å². The molecule has 1 amide bonds. The van der Waals surface area contributed by atoms with Crippen LogP contribution in [0, 0.1) is 12.7 Å². The molecule has 1 saturated carbocycles. The number of hydrogen-bond donors (Lipinski definition) is 2. The van der Waals surface area contributed by atoms with E-state index in [9.17, 15) is 9.18 Å². The first-order valence-electron chi connectivity index (χ1n) is 5.84. The SMILES string of the molecule is Cc1cccc(C(=O)NCC2(N)CCC2)c1F.Cl. The van der Waals surface area contributed by atoms with E-state index in [0.717, 1.165) is 19.3 Å². The average Bonchev–Trinajstić information content (AvgIpc) is 2.27. The minimum absolute atomic E-state index is 0. The van der Waals surface area contributed by atoms with E-state index in [1.54, 1.807) is 19.1 Å². The summed E-state index contributed by atoms with van der Waals surface area (Å²) in [6.07, 6.45) is 2.94. The van der Waals surface area contributed by atoms with Crippen molar-refractivity contribution in [2.24, 2.45) is 5.73 Å². The fourth-order valence-electron chi connectivity index (χ4n) is 1.98. The molecule has 1 aromatic rings. The summed E-state index contributed by atoms with van der Waals surface area (Å²) in [6, 6.07) is 4.80. The number of nitrogens with one attached hydrogen (secondary N) is 1. The molecule has 1 fully saturated rings. The lowest BCUT2D eigenvalue weighted by Crippen LogP contribution is -2.55. The maximum atomic E-state index is 13.7. The molecule has 0 heterocycles. The maximum Gasteiger partial charge on any atom is 0.254 e. The highest BCUT2D eigenvalue weighted by atomic mass is 35.5. The van der Waals surface area contributed by atoms with Crippen LogP contribution in [0.1, 0.15) is 35.2 Å². The summed E-state index contributed by atoms with van der Waals surface area (Å²) < 4.78 is 13.7. The summed E-state index contributed by atoms with van der Waals surface area (Å²) >= 11 is 0. The molecule has 3 N–H and O–H groups in total. The molecule has 3 nitrogen and oxygen atoms in total. The van der Waals surface area contributed by atoms with Crippen molar-refractivity contribution in [3.05, 3.63) is 35.1 Å². The smallest absolute Gasteiger partial charge is 0.254 e. The molecule has 2 rings (SSSR count). The van der Waals surface area contributed by atoms with Crippen LogP contribution < -0.4 is 11.1 Å². The number of hydrogen-bond acceptors (Lipinski definition) is 2. The third-order valence-corrected chi connectivity index (χ3v) is 3.39. The van der Waals surface area contributed by atoms with E-state index in [0.29, 0.717) is 12.1 Å². The topological polar surface area (TPSA) is 55.1 Å². The van der Waals surface area contributed by atoms with Crippen LogP contribution in [0.2, 0.25) is 0 Å². The third kappa shape index (κ3) is 3.00. The van der Waals surface area contributed by atoms with Gasteiger partial charge in [0.2, 0.25) is 0 Å². The van der Waals surface area contributed by atoms with Crippen LogP contribution in [0.15, 0.2) is 18.2 Å². The number of carbonyl (C=O) groups excluding carboxylic acids is 1.